The van der Waals surface area contributed by atoms with Gasteiger partial charge in [0.25, 0.3) is 0 Å². The molecule has 1 amide bonds. The van der Waals surface area contributed by atoms with Crippen LogP contribution in [0.4, 0.5) is 0 Å². The number of hydrogen-bond donors (Lipinski definition) is 2. The molecule has 2 rings (SSSR count). The lowest BCUT2D eigenvalue weighted by Crippen LogP contribution is -2.40. The molecule has 0 bridgehead atoms. The van der Waals surface area contributed by atoms with Crippen LogP contribution in [0, 0.1) is 5.92 Å². The second-order valence-corrected chi connectivity index (χ2v) is 6.32. The summed E-state index contributed by atoms with van der Waals surface area (Å²) < 4.78 is 22.2. The Hall–Kier alpha value is -0.880. The lowest BCUT2D eigenvalue weighted by atomic mass is 10.3. The first-order valence-corrected chi connectivity index (χ1v) is 7.18. The molecule has 1 fully saturated rings. The fourth-order valence-electron chi connectivity index (χ4n) is 1.57. The average Bonchev–Trinajstić information content (AvgIpc) is 2.97. The Morgan fingerprint density at radius 2 is 2.12 bits per heavy atom. The summed E-state index contributed by atoms with van der Waals surface area (Å²) in [6.45, 7) is 0.927. The van der Waals surface area contributed by atoms with Crippen molar-refractivity contribution in [3.8, 4) is 0 Å². The smallest absolute Gasteiger partial charge is 0.233 e. The van der Waals surface area contributed by atoms with Crippen molar-refractivity contribution in [1.29, 1.82) is 0 Å². The van der Waals surface area contributed by atoms with E-state index in [0.717, 1.165) is 6.54 Å². The Morgan fingerprint density at radius 3 is 2.69 bits per heavy atom. The van der Waals surface area contributed by atoms with Crippen LogP contribution in [0.5, 0.6) is 0 Å². The minimum absolute atomic E-state index is 0.0584. The van der Waals surface area contributed by atoms with Gasteiger partial charge in [0.1, 0.15) is 0 Å². The molecule has 0 aromatic carbocycles. The summed E-state index contributed by atoms with van der Waals surface area (Å²) in [5.41, 5.74) is 0. The molecule has 1 unspecified atom stereocenters. The number of amides is 1. The van der Waals surface area contributed by atoms with E-state index in [0.29, 0.717) is 5.92 Å². The Balaban J connectivity index is 1.63. The highest BCUT2D eigenvalue weighted by Gasteiger charge is 2.23. The third kappa shape index (κ3) is 3.61. The predicted octanol–water partition coefficient (Wildman–Crippen LogP) is -0.587. The van der Waals surface area contributed by atoms with Crippen molar-refractivity contribution in [2.45, 2.75) is 18.9 Å². The highest BCUT2D eigenvalue weighted by Crippen LogP contribution is 2.27. The van der Waals surface area contributed by atoms with E-state index in [9.17, 15) is 13.2 Å². The van der Waals surface area contributed by atoms with Crippen molar-refractivity contribution in [1.82, 2.24) is 10.6 Å². The van der Waals surface area contributed by atoms with Crippen LogP contribution in [-0.4, -0.2) is 39.2 Å². The van der Waals surface area contributed by atoms with E-state index in [2.05, 4.69) is 10.6 Å². The topological polar surface area (TPSA) is 75.3 Å². The molecule has 0 radical (unpaired) electrons. The number of nitrogens with one attached hydrogen (secondary N) is 2. The van der Waals surface area contributed by atoms with E-state index in [4.69, 9.17) is 0 Å². The van der Waals surface area contributed by atoms with E-state index in [-0.39, 0.29) is 24.2 Å². The van der Waals surface area contributed by atoms with Crippen LogP contribution in [0.2, 0.25) is 0 Å². The monoisotopic (exact) mass is 244 g/mol. The Labute approximate surface area is 95.2 Å². The zero-order chi connectivity index (χ0) is 11.6. The van der Waals surface area contributed by atoms with E-state index in [1.807, 2.05) is 0 Å². The fourth-order valence-corrected chi connectivity index (χ4v) is 2.84. The molecule has 0 aromatic heterocycles. The van der Waals surface area contributed by atoms with Crippen molar-refractivity contribution >= 4 is 15.7 Å². The van der Waals surface area contributed by atoms with Crippen LogP contribution in [0.3, 0.4) is 0 Å². The van der Waals surface area contributed by atoms with Crippen LogP contribution in [0.15, 0.2) is 11.5 Å². The van der Waals surface area contributed by atoms with Crippen molar-refractivity contribution in [3.05, 3.63) is 11.5 Å². The van der Waals surface area contributed by atoms with Crippen LogP contribution in [0.25, 0.3) is 0 Å². The molecule has 0 spiro atoms. The normalized spacial score (nSPS) is 26.9. The summed E-state index contributed by atoms with van der Waals surface area (Å²) >= 11 is 0. The highest BCUT2D eigenvalue weighted by atomic mass is 32.2. The van der Waals surface area contributed by atoms with Gasteiger partial charge in [-0.15, -0.1) is 0 Å². The van der Waals surface area contributed by atoms with E-state index < -0.39 is 9.84 Å². The number of hydrogen-bond acceptors (Lipinski definition) is 4. The van der Waals surface area contributed by atoms with Gasteiger partial charge in [0.2, 0.25) is 5.91 Å². The maximum atomic E-state index is 11.3. The first kappa shape index (κ1) is 11.6. The van der Waals surface area contributed by atoms with E-state index in [1.54, 1.807) is 6.08 Å². The van der Waals surface area contributed by atoms with Gasteiger partial charge in [0.05, 0.1) is 12.3 Å². The van der Waals surface area contributed by atoms with Crippen LogP contribution in [0.1, 0.15) is 12.8 Å². The maximum Gasteiger partial charge on any atom is 0.233 e. The van der Waals surface area contributed by atoms with Crippen molar-refractivity contribution < 1.29 is 13.2 Å². The SMILES string of the molecule is O=C(CNC1C=CS(=O)(=O)C1)NCC1CC1. The van der Waals surface area contributed by atoms with Gasteiger partial charge < -0.3 is 10.6 Å². The van der Waals surface area contributed by atoms with E-state index in [1.165, 1.54) is 18.2 Å². The fraction of sp³-hybridized carbons (Fsp3) is 0.700. The largest absolute Gasteiger partial charge is 0.355 e. The van der Waals surface area contributed by atoms with Crippen molar-refractivity contribution in [2.75, 3.05) is 18.8 Å². The lowest BCUT2D eigenvalue weighted by molar-refractivity contribution is -0.120. The summed E-state index contributed by atoms with van der Waals surface area (Å²) in [5, 5.41) is 6.92. The quantitative estimate of drug-likeness (QED) is 0.678. The molecular weight excluding hydrogens is 228 g/mol. The molecule has 16 heavy (non-hydrogen) atoms. The third-order valence-electron chi connectivity index (χ3n) is 2.74. The molecule has 1 heterocycles. The van der Waals surface area contributed by atoms with Gasteiger partial charge in [-0.2, -0.15) is 0 Å². The van der Waals surface area contributed by atoms with Gasteiger partial charge >= 0.3 is 0 Å². The highest BCUT2D eigenvalue weighted by molar-refractivity contribution is 7.94. The first-order chi connectivity index (χ1) is 7.55. The summed E-state index contributed by atoms with van der Waals surface area (Å²) in [4.78, 5) is 11.3. The second-order valence-electron chi connectivity index (χ2n) is 4.39. The van der Waals surface area contributed by atoms with Gasteiger partial charge in [0.15, 0.2) is 9.84 Å². The number of rotatable bonds is 5. The zero-order valence-electron chi connectivity index (χ0n) is 8.98. The molecule has 90 valence electrons. The van der Waals surface area contributed by atoms with E-state index >= 15 is 0 Å². The number of sulfone groups is 1. The molecule has 1 aliphatic heterocycles. The zero-order valence-corrected chi connectivity index (χ0v) is 9.79. The Bertz CT molecular complexity index is 398. The lowest BCUT2D eigenvalue weighted by Gasteiger charge is -2.09. The second kappa shape index (κ2) is 4.55. The van der Waals surface area contributed by atoms with Crippen LogP contribution in [-0.2, 0) is 14.6 Å². The molecule has 0 saturated heterocycles. The third-order valence-corrected chi connectivity index (χ3v) is 4.14. The Kier molecular flexibility index (Phi) is 3.30. The molecule has 6 heteroatoms. The van der Waals surface area contributed by atoms with Gasteiger partial charge in [-0.05, 0) is 18.8 Å². The Morgan fingerprint density at radius 1 is 1.38 bits per heavy atom. The van der Waals surface area contributed by atoms with Gasteiger partial charge in [0, 0.05) is 18.0 Å². The maximum absolute atomic E-state index is 11.3. The van der Waals surface area contributed by atoms with Gasteiger partial charge in [-0.3, -0.25) is 4.79 Å². The average molecular weight is 244 g/mol. The minimum atomic E-state index is -3.03. The summed E-state index contributed by atoms with van der Waals surface area (Å²) in [5.74, 6) is 0.656. The minimum Gasteiger partial charge on any atom is -0.355 e. The molecule has 2 aliphatic rings. The molecule has 1 aliphatic carbocycles. The van der Waals surface area contributed by atoms with Crippen LogP contribution < -0.4 is 10.6 Å². The molecular formula is C10H16N2O3S. The predicted molar refractivity (Wildman–Crippen MR) is 60.5 cm³/mol. The summed E-state index contributed by atoms with van der Waals surface area (Å²) in [7, 11) is -3.03. The number of carbonyl (C=O) groups is 1. The molecule has 5 nitrogen and oxygen atoms in total. The van der Waals surface area contributed by atoms with Crippen molar-refractivity contribution in [2.24, 2.45) is 5.92 Å². The molecule has 1 saturated carbocycles. The molecule has 1 atom stereocenters. The standard InChI is InChI=1S/C10H16N2O3S/c13-10(12-5-8-1-2-8)6-11-9-3-4-16(14,15)7-9/h3-4,8-9,11H,1-2,5-7H2,(H,12,13). The number of carbonyl (C=O) groups excluding carboxylic acids is 1. The molecule has 2 N–H and O–H groups in total. The molecule has 0 aromatic rings. The summed E-state index contributed by atoms with van der Waals surface area (Å²) in [6.07, 6.45) is 4.00. The van der Waals surface area contributed by atoms with Crippen LogP contribution >= 0.6 is 0 Å². The van der Waals surface area contributed by atoms with Gasteiger partial charge in [-0.1, -0.05) is 6.08 Å². The van der Waals surface area contributed by atoms with Crippen molar-refractivity contribution in [3.63, 3.8) is 0 Å². The van der Waals surface area contributed by atoms with Gasteiger partial charge in [-0.25, -0.2) is 8.42 Å². The first-order valence-electron chi connectivity index (χ1n) is 5.46. The summed E-state index contributed by atoms with van der Waals surface area (Å²) in [6, 6.07) is -0.225.